The molecule has 0 saturated carbocycles. The summed E-state index contributed by atoms with van der Waals surface area (Å²) in [4.78, 5) is 11.9. The third-order valence-corrected chi connectivity index (χ3v) is 5.92. The Kier molecular flexibility index (Phi) is 3.87. The molecule has 0 radical (unpaired) electrons. The fourth-order valence-corrected chi connectivity index (χ4v) is 4.48. The lowest BCUT2D eigenvalue weighted by atomic mass is 9.90. The SMILES string of the molecule is [C-]#[N+]c1cncc(-c2cc3ccc4cc(-c5cncc(C#N)c5)cc5ccc(c2)c3c45)c1. The molecule has 0 atom stereocenters. The lowest BCUT2D eigenvalue weighted by molar-refractivity contribution is 1.30. The maximum absolute atomic E-state index is 9.22. The van der Waals surface area contributed by atoms with Gasteiger partial charge in [-0.2, -0.15) is 5.26 Å². The number of hydrogen-bond donors (Lipinski definition) is 0. The number of benzene rings is 4. The predicted octanol–water partition coefficient (Wildman–Crippen LogP) is 7.13. The molecule has 0 fully saturated rings. The maximum atomic E-state index is 9.22. The van der Waals surface area contributed by atoms with Crippen molar-refractivity contribution in [2.24, 2.45) is 0 Å². The minimum Gasteiger partial charge on any atom is -0.276 e. The van der Waals surface area contributed by atoms with Crippen LogP contribution in [0, 0.1) is 17.9 Å². The second kappa shape index (κ2) is 6.87. The van der Waals surface area contributed by atoms with E-state index < -0.39 is 0 Å². The first-order chi connectivity index (χ1) is 15.7. The molecule has 2 aromatic heterocycles. The molecule has 32 heavy (non-hydrogen) atoms. The van der Waals surface area contributed by atoms with Crippen molar-refractivity contribution in [1.82, 2.24) is 9.97 Å². The van der Waals surface area contributed by atoms with Crippen LogP contribution in [0.4, 0.5) is 5.69 Å². The molecule has 0 aliphatic carbocycles. The van der Waals surface area contributed by atoms with Gasteiger partial charge >= 0.3 is 0 Å². The first kappa shape index (κ1) is 18.0. The molecule has 6 aromatic rings. The Hall–Kier alpha value is -4.80. The summed E-state index contributed by atoms with van der Waals surface area (Å²) in [5, 5.41) is 16.3. The summed E-state index contributed by atoms with van der Waals surface area (Å²) in [5.41, 5.74) is 5.06. The lowest BCUT2D eigenvalue weighted by Gasteiger charge is -2.14. The summed E-state index contributed by atoms with van der Waals surface area (Å²) < 4.78 is 0. The predicted molar refractivity (Wildman–Crippen MR) is 128 cm³/mol. The molecule has 6 rings (SSSR count). The summed E-state index contributed by atoms with van der Waals surface area (Å²) in [6.45, 7) is 7.27. The van der Waals surface area contributed by atoms with Crippen molar-refractivity contribution < 1.29 is 0 Å². The highest BCUT2D eigenvalue weighted by Crippen LogP contribution is 2.39. The summed E-state index contributed by atoms with van der Waals surface area (Å²) in [6.07, 6.45) is 6.76. The Bertz CT molecular complexity index is 1560. The van der Waals surface area contributed by atoms with Crippen LogP contribution in [0.15, 0.2) is 85.5 Å². The lowest BCUT2D eigenvalue weighted by Crippen LogP contribution is -1.88. The van der Waals surface area contributed by atoms with Crippen molar-refractivity contribution in [3.63, 3.8) is 0 Å². The number of hydrogen-bond acceptors (Lipinski definition) is 3. The number of pyridine rings is 2. The summed E-state index contributed by atoms with van der Waals surface area (Å²) in [7, 11) is 0. The summed E-state index contributed by atoms with van der Waals surface area (Å²) in [5.74, 6) is 0. The van der Waals surface area contributed by atoms with E-state index >= 15 is 0 Å². The number of nitrogens with zero attached hydrogens (tertiary/aromatic N) is 4. The van der Waals surface area contributed by atoms with E-state index in [1.807, 2.05) is 12.1 Å². The maximum Gasteiger partial charge on any atom is 0.205 e. The van der Waals surface area contributed by atoms with Gasteiger partial charge in [0.15, 0.2) is 0 Å². The largest absolute Gasteiger partial charge is 0.276 e. The van der Waals surface area contributed by atoms with Gasteiger partial charge in [-0.05, 0) is 85.4 Å². The van der Waals surface area contributed by atoms with Gasteiger partial charge in [-0.1, -0.05) is 24.3 Å². The van der Waals surface area contributed by atoms with E-state index in [9.17, 15) is 5.26 Å². The van der Waals surface area contributed by atoms with Crippen LogP contribution < -0.4 is 0 Å². The smallest absolute Gasteiger partial charge is 0.205 e. The Balaban J connectivity index is 1.59. The molecule has 0 spiro atoms. The third kappa shape index (κ3) is 2.75. The van der Waals surface area contributed by atoms with Crippen molar-refractivity contribution in [2.45, 2.75) is 0 Å². The van der Waals surface area contributed by atoms with Gasteiger partial charge in [0.05, 0.1) is 12.1 Å². The molecule has 0 aliphatic heterocycles. The van der Waals surface area contributed by atoms with Gasteiger partial charge in [-0.25, -0.2) is 4.85 Å². The van der Waals surface area contributed by atoms with Crippen molar-refractivity contribution in [1.29, 1.82) is 5.26 Å². The number of nitriles is 1. The molecule has 0 bridgehead atoms. The fraction of sp³-hybridized carbons (Fsp3) is 0. The Labute approximate surface area is 184 Å². The van der Waals surface area contributed by atoms with E-state index in [0.717, 1.165) is 43.8 Å². The molecule has 0 amide bonds. The zero-order chi connectivity index (χ0) is 21.7. The van der Waals surface area contributed by atoms with Gasteiger partial charge < -0.3 is 0 Å². The number of rotatable bonds is 2. The zero-order valence-electron chi connectivity index (χ0n) is 16.9. The first-order valence-corrected chi connectivity index (χ1v) is 10.1. The van der Waals surface area contributed by atoms with Crippen LogP contribution in [0.5, 0.6) is 0 Å². The molecular formula is C28H14N4. The molecule has 4 nitrogen and oxygen atoms in total. The van der Waals surface area contributed by atoms with Crippen LogP contribution in [0.2, 0.25) is 0 Å². The van der Waals surface area contributed by atoms with E-state index in [1.54, 1.807) is 24.8 Å². The van der Waals surface area contributed by atoms with Crippen molar-refractivity contribution in [3.8, 4) is 28.3 Å². The minimum atomic E-state index is 0.537. The van der Waals surface area contributed by atoms with Crippen molar-refractivity contribution >= 4 is 38.0 Å². The quantitative estimate of drug-likeness (QED) is 0.227. The number of aromatic nitrogens is 2. The van der Waals surface area contributed by atoms with Crippen LogP contribution in [-0.4, -0.2) is 9.97 Å². The standard InChI is InChI=1S/C28H14N4/c1-30-26-11-25(15-32-16-26)23-9-20-4-2-18-7-22(24-6-17(12-29)13-31-14-24)8-19-3-5-21(10-23)28(20)27(18)19/h2-11,13-16H. The molecule has 4 aromatic carbocycles. The summed E-state index contributed by atoms with van der Waals surface area (Å²) in [6, 6.07) is 23.2. The van der Waals surface area contributed by atoms with E-state index in [1.165, 1.54) is 10.8 Å². The molecule has 4 heteroatoms. The van der Waals surface area contributed by atoms with Crippen LogP contribution in [0.3, 0.4) is 0 Å². The monoisotopic (exact) mass is 406 g/mol. The molecule has 0 saturated heterocycles. The molecule has 0 unspecified atom stereocenters. The first-order valence-electron chi connectivity index (χ1n) is 10.1. The molecule has 2 heterocycles. The highest BCUT2D eigenvalue weighted by Gasteiger charge is 2.12. The Morgan fingerprint density at radius 2 is 1.12 bits per heavy atom. The summed E-state index contributed by atoms with van der Waals surface area (Å²) >= 11 is 0. The van der Waals surface area contributed by atoms with Gasteiger partial charge in [0, 0.05) is 30.4 Å². The molecular weight excluding hydrogens is 392 g/mol. The van der Waals surface area contributed by atoms with Crippen LogP contribution in [0.25, 0.3) is 59.4 Å². The Morgan fingerprint density at radius 1 is 0.625 bits per heavy atom. The molecule has 0 aliphatic rings. The second-order valence-corrected chi connectivity index (χ2v) is 7.84. The van der Waals surface area contributed by atoms with E-state index in [2.05, 4.69) is 69.4 Å². The van der Waals surface area contributed by atoms with Gasteiger partial charge in [-0.3, -0.25) is 9.97 Å². The van der Waals surface area contributed by atoms with Gasteiger partial charge in [0.25, 0.3) is 0 Å². The van der Waals surface area contributed by atoms with Gasteiger partial charge in [-0.15, -0.1) is 0 Å². The third-order valence-electron chi connectivity index (χ3n) is 5.92. The van der Waals surface area contributed by atoms with Crippen LogP contribution >= 0.6 is 0 Å². The van der Waals surface area contributed by atoms with E-state index in [4.69, 9.17) is 6.57 Å². The molecule has 146 valence electrons. The molecule has 0 N–H and O–H groups in total. The Morgan fingerprint density at radius 3 is 1.62 bits per heavy atom. The average molecular weight is 406 g/mol. The van der Waals surface area contributed by atoms with E-state index in [0.29, 0.717) is 11.3 Å². The van der Waals surface area contributed by atoms with Crippen molar-refractivity contribution in [3.05, 3.63) is 102 Å². The van der Waals surface area contributed by atoms with Crippen LogP contribution in [0.1, 0.15) is 5.56 Å². The minimum absolute atomic E-state index is 0.537. The highest BCUT2D eigenvalue weighted by molar-refractivity contribution is 6.24. The van der Waals surface area contributed by atoms with Gasteiger partial charge in [0.1, 0.15) is 6.07 Å². The van der Waals surface area contributed by atoms with Crippen LogP contribution in [-0.2, 0) is 0 Å². The second-order valence-electron chi connectivity index (χ2n) is 7.84. The highest BCUT2D eigenvalue weighted by atomic mass is 14.7. The van der Waals surface area contributed by atoms with E-state index in [-0.39, 0.29) is 0 Å². The topological polar surface area (TPSA) is 53.9 Å². The van der Waals surface area contributed by atoms with Crippen molar-refractivity contribution in [2.75, 3.05) is 0 Å². The zero-order valence-corrected chi connectivity index (χ0v) is 16.9. The fourth-order valence-electron chi connectivity index (χ4n) is 4.48. The van der Waals surface area contributed by atoms with Gasteiger partial charge in [0.2, 0.25) is 5.69 Å². The average Bonchev–Trinajstić information content (AvgIpc) is 2.86. The normalized spacial score (nSPS) is 11.1.